The van der Waals surface area contributed by atoms with Gasteiger partial charge in [-0.2, -0.15) is 5.10 Å². The molecular weight excluding hydrogens is 564 g/mol. The number of aryl methyl sites for hydroxylation is 3. The van der Waals surface area contributed by atoms with E-state index in [0.717, 1.165) is 50.6 Å². The summed E-state index contributed by atoms with van der Waals surface area (Å²) in [5.74, 6) is 2.43. The van der Waals surface area contributed by atoms with Crippen LogP contribution < -0.4 is 4.74 Å². The van der Waals surface area contributed by atoms with E-state index in [1.807, 2.05) is 17.1 Å². The molecule has 0 aliphatic rings. The summed E-state index contributed by atoms with van der Waals surface area (Å²) in [4.78, 5) is 4.82. The summed E-state index contributed by atoms with van der Waals surface area (Å²) in [6.45, 7) is 17.5. The van der Waals surface area contributed by atoms with Crippen molar-refractivity contribution in [3.8, 4) is 34.1 Å². The highest BCUT2D eigenvalue weighted by atomic mass is 16.5. The van der Waals surface area contributed by atoms with Gasteiger partial charge in [-0.1, -0.05) is 45.0 Å². The van der Waals surface area contributed by atoms with Gasteiger partial charge in [-0.15, -0.1) is 0 Å². The molecule has 0 unspecified atom stereocenters. The summed E-state index contributed by atoms with van der Waals surface area (Å²) in [6, 6.07) is 27.7. The second kappa shape index (κ2) is 11.0. The standard InChI is InChI=1S/C41H40N4O/c1-25-17-32(44-24-30(23-43-44)40-28(4)26(2)19-27(3)29(40)5)21-34(18-25)46-33-13-14-36-35-11-9-10-12-37(35)45(38(36)22-33)39-20-31(15-16-42-39)41(6,7)8/h9-24H,1-8H3. The van der Waals surface area contributed by atoms with Crippen molar-refractivity contribution in [3.05, 3.63) is 131 Å². The second-order valence-electron chi connectivity index (χ2n) is 13.6. The molecule has 5 heteroatoms. The number of benzene rings is 4. The Kier molecular flexibility index (Phi) is 7.08. The van der Waals surface area contributed by atoms with Crippen molar-refractivity contribution in [2.24, 2.45) is 0 Å². The minimum absolute atomic E-state index is 0.0135. The lowest BCUT2D eigenvalue weighted by Crippen LogP contribution is -2.12. The maximum Gasteiger partial charge on any atom is 0.137 e. The molecule has 3 aromatic heterocycles. The van der Waals surface area contributed by atoms with Gasteiger partial charge in [0.1, 0.15) is 17.3 Å². The van der Waals surface area contributed by atoms with Crippen molar-refractivity contribution in [1.82, 2.24) is 19.3 Å². The summed E-state index contributed by atoms with van der Waals surface area (Å²) in [5.41, 5.74) is 13.1. The van der Waals surface area contributed by atoms with E-state index in [1.165, 1.54) is 38.8 Å². The maximum atomic E-state index is 6.58. The molecule has 5 nitrogen and oxygen atoms in total. The lowest BCUT2D eigenvalue weighted by atomic mass is 9.88. The first-order valence-electron chi connectivity index (χ1n) is 15.9. The monoisotopic (exact) mass is 604 g/mol. The zero-order chi connectivity index (χ0) is 32.3. The summed E-state index contributed by atoms with van der Waals surface area (Å²) in [5, 5.41) is 7.13. The molecule has 3 heterocycles. The first kappa shape index (κ1) is 29.5. The Morgan fingerprint density at radius 1 is 0.696 bits per heavy atom. The molecule has 0 radical (unpaired) electrons. The second-order valence-corrected chi connectivity index (χ2v) is 13.6. The lowest BCUT2D eigenvalue weighted by Gasteiger charge is -2.20. The summed E-state index contributed by atoms with van der Waals surface area (Å²) in [7, 11) is 0. The quantitative estimate of drug-likeness (QED) is 0.196. The van der Waals surface area contributed by atoms with Crippen LogP contribution in [-0.4, -0.2) is 19.3 Å². The molecule has 0 spiro atoms. The van der Waals surface area contributed by atoms with Crippen LogP contribution in [0.3, 0.4) is 0 Å². The van der Waals surface area contributed by atoms with Crippen molar-refractivity contribution < 1.29 is 4.74 Å². The van der Waals surface area contributed by atoms with Crippen molar-refractivity contribution in [2.45, 2.75) is 60.8 Å². The highest BCUT2D eigenvalue weighted by Crippen LogP contribution is 2.37. The van der Waals surface area contributed by atoms with E-state index in [9.17, 15) is 0 Å². The molecule has 230 valence electrons. The molecule has 0 aliphatic heterocycles. The third-order valence-corrected chi connectivity index (χ3v) is 9.26. The minimum Gasteiger partial charge on any atom is -0.457 e. The number of rotatable bonds is 5. The highest BCUT2D eigenvalue weighted by Gasteiger charge is 2.19. The fraction of sp³-hybridized carbons (Fsp3) is 0.220. The van der Waals surface area contributed by atoms with E-state index in [-0.39, 0.29) is 5.41 Å². The van der Waals surface area contributed by atoms with Crippen molar-refractivity contribution in [2.75, 3.05) is 0 Å². The Bertz CT molecular complexity index is 2250. The zero-order valence-corrected chi connectivity index (χ0v) is 27.9. The Morgan fingerprint density at radius 2 is 1.43 bits per heavy atom. The lowest BCUT2D eigenvalue weighted by molar-refractivity contribution is 0.482. The molecule has 0 saturated heterocycles. The van der Waals surface area contributed by atoms with E-state index in [2.05, 4.69) is 145 Å². The number of para-hydroxylation sites is 1. The zero-order valence-electron chi connectivity index (χ0n) is 27.9. The Morgan fingerprint density at radius 3 is 2.20 bits per heavy atom. The van der Waals surface area contributed by atoms with Crippen LogP contribution in [0.25, 0.3) is 44.4 Å². The van der Waals surface area contributed by atoms with Gasteiger partial charge in [-0.25, -0.2) is 9.67 Å². The molecule has 0 saturated carbocycles. The molecule has 0 bridgehead atoms. The fourth-order valence-corrected chi connectivity index (χ4v) is 6.57. The number of fused-ring (bicyclic) bond motifs is 3. The number of nitrogens with zero attached hydrogens (tertiary/aromatic N) is 4. The molecule has 0 N–H and O–H groups in total. The summed E-state index contributed by atoms with van der Waals surface area (Å²) in [6.07, 6.45) is 6.00. The molecule has 7 rings (SSSR count). The molecule has 0 amide bonds. The third-order valence-electron chi connectivity index (χ3n) is 9.26. The first-order valence-corrected chi connectivity index (χ1v) is 15.9. The third kappa shape index (κ3) is 5.16. The molecule has 0 aliphatic carbocycles. The van der Waals surface area contributed by atoms with Crippen LogP contribution in [0, 0.1) is 34.6 Å². The van der Waals surface area contributed by atoms with Gasteiger partial charge in [-0.3, -0.25) is 4.57 Å². The topological polar surface area (TPSA) is 44.9 Å². The van der Waals surface area contributed by atoms with Gasteiger partial charge in [0.15, 0.2) is 0 Å². The van der Waals surface area contributed by atoms with Gasteiger partial charge in [0.05, 0.1) is 22.9 Å². The van der Waals surface area contributed by atoms with Crippen LogP contribution in [0.4, 0.5) is 0 Å². The molecular formula is C41H40N4O. The van der Waals surface area contributed by atoms with Gasteiger partial charge in [-0.05, 0) is 121 Å². The van der Waals surface area contributed by atoms with E-state index < -0.39 is 0 Å². The Labute approximate surface area is 271 Å². The van der Waals surface area contributed by atoms with Gasteiger partial charge >= 0.3 is 0 Å². The van der Waals surface area contributed by atoms with E-state index in [1.54, 1.807) is 0 Å². The van der Waals surface area contributed by atoms with Crippen LogP contribution in [0.5, 0.6) is 11.5 Å². The van der Waals surface area contributed by atoms with Crippen LogP contribution in [0.2, 0.25) is 0 Å². The molecule has 7 aromatic rings. The number of pyridine rings is 1. The average molecular weight is 605 g/mol. The van der Waals surface area contributed by atoms with Crippen molar-refractivity contribution in [1.29, 1.82) is 0 Å². The van der Waals surface area contributed by atoms with E-state index >= 15 is 0 Å². The first-order chi connectivity index (χ1) is 22.0. The maximum absolute atomic E-state index is 6.58. The highest BCUT2D eigenvalue weighted by molar-refractivity contribution is 6.09. The summed E-state index contributed by atoms with van der Waals surface area (Å²) < 4.78 is 10.8. The van der Waals surface area contributed by atoms with Gasteiger partial charge in [0.2, 0.25) is 0 Å². The predicted octanol–water partition coefficient (Wildman–Crippen LogP) is 10.7. The van der Waals surface area contributed by atoms with Gasteiger partial charge < -0.3 is 4.74 Å². The Balaban J connectivity index is 1.28. The number of hydrogen-bond donors (Lipinski definition) is 0. The smallest absolute Gasteiger partial charge is 0.137 e. The van der Waals surface area contributed by atoms with Crippen LogP contribution in [0.15, 0.2) is 97.5 Å². The molecule has 0 atom stereocenters. The van der Waals surface area contributed by atoms with Crippen molar-refractivity contribution in [3.63, 3.8) is 0 Å². The molecule has 0 fully saturated rings. The van der Waals surface area contributed by atoms with Gasteiger partial charge in [0, 0.05) is 40.9 Å². The van der Waals surface area contributed by atoms with Crippen LogP contribution in [-0.2, 0) is 5.41 Å². The van der Waals surface area contributed by atoms with Crippen LogP contribution in [0.1, 0.15) is 54.2 Å². The average Bonchev–Trinajstić information content (AvgIpc) is 3.63. The van der Waals surface area contributed by atoms with Crippen molar-refractivity contribution >= 4 is 21.8 Å². The minimum atomic E-state index is 0.0135. The predicted molar refractivity (Wildman–Crippen MR) is 190 cm³/mol. The van der Waals surface area contributed by atoms with E-state index in [0.29, 0.717) is 0 Å². The van der Waals surface area contributed by atoms with Gasteiger partial charge in [0.25, 0.3) is 0 Å². The number of hydrogen-bond acceptors (Lipinski definition) is 3. The molecule has 46 heavy (non-hydrogen) atoms. The van der Waals surface area contributed by atoms with E-state index in [4.69, 9.17) is 14.8 Å². The summed E-state index contributed by atoms with van der Waals surface area (Å²) >= 11 is 0. The normalized spacial score (nSPS) is 11.9. The molecule has 4 aromatic carbocycles. The fourth-order valence-electron chi connectivity index (χ4n) is 6.57. The number of aromatic nitrogens is 4. The number of ether oxygens (including phenoxy) is 1. The SMILES string of the molecule is Cc1cc(Oc2ccc3c4ccccc4n(-c4cc(C(C)(C)C)ccn4)c3c2)cc(-n2cc(-c3c(C)c(C)cc(C)c3C)cn2)c1. The Hall–Kier alpha value is -5.16. The van der Waals surface area contributed by atoms with Crippen LogP contribution >= 0.6 is 0 Å². The largest absolute Gasteiger partial charge is 0.457 e.